The number of esters is 1. The van der Waals surface area contributed by atoms with Crippen LogP contribution in [0.2, 0.25) is 0 Å². The van der Waals surface area contributed by atoms with Crippen molar-refractivity contribution in [1.29, 1.82) is 0 Å². The third-order valence-electron chi connectivity index (χ3n) is 5.23. The number of sulfonamides is 1. The Labute approximate surface area is 202 Å². The van der Waals surface area contributed by atoms with Gasteiger partial charge in [-0.2, -0.15) is 0 Å². The summed E-state index contributed by atoms with van der Waals surface area (Å²) in [7, 11) is -3.54. The molecule has 0 aliphatic heterocycles. The second kappa shape index (κ2) is 10.7. The molecule has 0 aliphatic carbocycles. The molecule has 0 radical (unpaired) electrons. The van der Waals surface area contributed by atoms with Gasteiger partial charge in [-0.15, -0.1) is 0 Å². The molecule has 0 heterocycles. The number of benzene rings is 3. The fourth-order valence-electron chi connectivity index (χ4n) is 3.64. The smallest absolute Gasteiger partial charge is 0.338 e. The van der Waals surface area contributed by atoms with Crippen molar-refractivity contribution in [1.82, 2.24) is 0 Å². The summed E-state index contributed by atoms with van der Waals surface area (Å²) in [4.78, 5) is 11.9. The number of ether oxygens (including phenoxy) is 2. The number of hydrogen-bond donors (Lipinski definition) is 0. The monoisotopic (exact) mass is 481 g/mol. The third-order valence-corrected chi connectivity index (χ3v) is 6.37. The molecule has 0 N–H and O–H groups in total. The third kappa shape index (κ3) is 6.38. The molecular weight excluding hydrogens is 450 g/mol. The molecule has 0 saturated heterocycles. The minimum Gasteiger partial charge on any atom is -0.491 e. The molecular formula is C27H31NO5S. The van der Waals surface area contributed by atoms with Crippen molar-refractivity contribution in [2.45, 2.75) is 40.3 Å². The van der Waals surface area contributed by atoms with Crippen LogP contribution < -0.4 is 9.04 Å². The van der Waals surface area contributed by atoms with Crippen LogP contribution in [0.3, 0.4) is 0 Å². The Balaban J connectivity index is 1.85. The maximum absolute atomic E-state index is 12.6. The van der Waals surface area contributed by atoms with E-state index in [9.17, 15) is 13.2 Å². The molecule has 0 atom stereocenters. The average Bonchev–Trinajstić information content (AvgIpc) is 2.77. The van der Waals surface area contributed by atoms with Gasteiger partial charge in [-0.3, -0.25) is 4.31 Å². The lowest BCUT2D eigenvalue weighted by Crippen LogP contribution is -2.29. The van der Waals surface area contributed by atoms with E-state index >= 15 is 0 Å². The van der Waals surface area contributed by atoms with Crippen molar-refractivity contribution in [3.63, 3.8) is 0 Å². The number of rotatable bonds is 9. The zero-order chi connectivity index (χ0) is 24.9. The molecule has 7 heteroatoms. The second-order valence-corrected chi connectivity index (χ2v) is 10.3. The molecule has 0 aromatic heterocycles. The maximum atomic E-state index is 12.6. The van der Waals surface area contributed by atoms with Gasteiger partial charge in [0, 0.05) is 0 Å². The molecule has 180 valence electrons. The van der Waals surface area contributed by atoms with Gasteiger partial charge in [-0.05, 0) is 86.3 Å². The van der Waals surface area contributed by atoms with Crippen molar-refractivity contribution in [2.75, 3.05) is 17.2 Å². The fourth-order valence-corrected chi connectivity index (χ4v) is 4.52. The molecule has 3 aromatic rings. The van der Waals surface area contributed by atoms with Gasteiger partial charge in [0.2, 0.25) is 10.0 Å². The van der Waals surface area contributed by atoms with Gasteiger partial charge in [0.15, 0.2) is 0 Å². The van der Waals surface area contributed by atoms with Crippen molar-refractivity contribution >= 4 is 21.7 Å². The highest BCUT2D eigenvalue weighted by Gasteiger charge is 2.19. The van der Waals surface area contributed by atoms with Crippen LogP contribution in [0.25, 0.3) is 11.1 Å². The van der Waals surface area contributed by atoms with Crippen LogP contribution >= 0.6 is 0 Å². The molecule has 0 unspecified atom stereocenters. The molecule has 3 rings (SSSR count). The minimum absolute atomic E-state index is 0.107. The largest absolute Gasteiger partial charge is 0.491 e. The highest BCUT2D eigenvalue weighted by molar-refractivity contribution is 7.92. The first-order valence-electron chi connectivity index (χ1n) is 11.2. The van der Waals surface area contributed by atoms with Gasteiger partial charge < -0.3 is 9.47 Å². The van der Waals surface area contributed by atoms with E-state index in [1.54, 1.807) is 31.2 Å². The first-order valence-corrected chi connectivity index (χ1v) is 13.0. The summed E-state index contributed by atoms with van der Waals surface area (Å²) in [6, 6.07) is 20.3. The maximum Gasteiger partial charge on any atom is 0.338 e. The summed E-state index contributed by atoms with van der Waals surface area (Å²) >= 11 is 0. The molecule has 0 fully saturated rings. The van der Waals surface area contributed by atoms with Crippen molar-refractivity contribution in [2.24, 2.45) is 0 Å². The predicted molar refractivity (Wildman–Crippen MR) is 136 cm³/mol. The van der Waals surface area contributed by atoms with Crippen LogP contribution in [-0.4, -0.2) is 33.4 Å². The average molecular weight is 482 g/mol. The first kappa shape index (κ1) is 25.3. The zero-order valence-corrected chi connectivity index (χ0v) is 21.1. The van der Waals surface area contributed by atoms with E-state index in [-0.39, 0.29) is 12.6 Å². The topological polar surface area (TPSA) is 72.9 Å². The van der Waals surface area contributed by atoms with Crippen molar-refractivity contribution in [3.8, 4) is 16.9 Å². The van der Waals surface area contributed by atoms with E-state index in [4.69, 9.17) is 9.47 Å². The number of carbonyl (C=O) groups is 1. The Hall–Kier alpha value is -3.32. The molecule has 0 saturated carbocycles. The standard InChI is InChI=1S/C27H31NO5S/c1-6-32-27(29)23-9-7-21(8-10-23)18-28(34(5,30)31)24-13-16-26(20(4)17-24)22-11-14-25(15-12-22)33-19(2)3/h7-17,19H,6,18H2,1-5H3. The quantitative estimate of drug-likeness (QED) is 0.373. The Morgan fingerprint density at radius 2 is 1.62 bits per heavy atom. The van der Waals surface area contributed by atoms with Gasteiger partial charge in [0.25, 0.3) is 0 Å². The summed E-state index contributed by atoms with van der Waals surface area (Å²) in [5.41, 5.74) is 4.79. The normalized spacial score (nSPS) is 11.4. The summed E-state index contributed by atoms with van der Waals surface area (Å²) in [6.45, 7) is 8.14. The van der Waals surface area contributed by atoms with Gasteiger partial charge in [-0.25, -0.2) is 13.2 Å². The lowest BCUT2D eigenvalue weighted by molar-refractivity contribution is 0.0526. The SMILES string of the molecule is CCOC(=O)c1ccc(CN(c2ccc(-c3ccc(OC(C)C)cc3)c(C)c2)S(C)(=O)=O)cc1. The van der Waals surface area contributed by atoms with Crippen LogP contribution in [-0.2, 0) is 21.3 Å². The van der Waals surface area contributed by atoms with E-state index in [1.807, 2.05) is 63.2 Å². The minimum atomic E-state index is -3.54. The number of carbonyl (C=O) groups excluding carboxylic acids is 1. The molecule has 34 heavy (non-hydrogen) atoms. The number of hydrogen-bond acceptors (Lipinski definition) is 5. The van der Waals surface area contributed by atoms with Crippen LogP contribution in [0.5, 0.6) is 5.75 Å². The predicted octanol–water partition coefficient (Wildman–Crippen LogP) is 5.59. The van der Waals surface area contributed by atoms with Crippen molar-refractivity contribution < 1.29 is 22.7 Å². The molecule has 0 amide bonds. The summed E-state index contributed by atoms with van der Waals surface area (Å²) in [6.07, 6.45) is 1.30. The van der Waals surface area contributed by atoms with Crippen LogP contribution in [0, 0.1) is 6.92 Å². The van der Waals surface area contributed by atoms with E-state index in [0.29, 0.717) is 17.9 Å². The van der Waals surface area contributed by atoms with Crippen molar-refractivity contribution in [3.05, 3.63) is 83.4 Å². The van der Waals surface area contributed by atoms with E-state index in [0.717, 1.165) is 28.0 Å². The van der Waals surface area contributed by atoms with Crippen LogP contribution in [0.15, 0.2) is 66.7 Å². The lowest BCUT2D eigenvalue weighted by atomic mass is 10.00. The van der Waals surface area contributed by atoms with Crippen LogP contribution in [0.1, 0.15) is 42.3 Å². The zero-order valence-electron chi connectivity index (χ0n) is 20.2. The molecule has 0 spiro atoms. The number of nitrogens with zero attached hydrogens (tertiary/aromatic N) is 1. The summed E-state index contributed by atoms with van der Waals surface area (Å²) in [5.74, 6) is 0.411. The molecule has 3 aromatic carbocycles. The molecule has 6 nitrogen and oxygen atoms in total. The Morgan fingerprint density at radius 3 is 2.15 bits per heavy atom. The fraction of sp³-hybridized carbons (Fsp3) is 0.296. The van der Waals surface area contributed by atoms with Gasteiger partial charge in [0.05, 0.1) is 36.8 Å². The van der Waals surface area contributed by atoms with E-state index in [2.05, 4.69) is 0 Å². The van der Waals surface area contributed by atoms with Gasteiger partial charge >= 0.3 is 5.97 Å². The molecule has 0 bridgehead atoms. The van der Waals surface area contributed by atoms with E-state index in [1.165, 1.54) is 10.6 Å². The first-order chi connectivity index (χ1) is 16.1. The number of anilines is 1. The summed E-state index contributed by atoms with van der Waals surface area (Å²) in [5, 5.41) is 0. The summed E-state index contributed by atoms with van der Waals surface area (Å²) < 4.78 is 37.3. The second-order valence-electron chi connectivity index (χ2n) is 8.38. The Morgan fingerprint density at radius 1 is 0.971 bits per heavy atom. The van der Waals surface area contributed by atoms with E-state index < -0.39 is 16.0 Å². The van der Waals surface area contributed by atoms with Gasteiger partial charge in [0.1, 0.15) is 5.75 Å². The lowest BCUT2D eigenvalue weighted by Gasteiger charge is -2.24. The Bertz CT molecular complexity index is 1230. The number of aryl methyl sites for hydroxylation is 1. The Kier molecular flexibility index (Phi) is 7.99. The van der Waals surface area contributed by atoms with Crippen LogP contribution in [0.4, 0.5) is 5.69 Å². The highest BCUT2D eigenvalue weighted by Crippen LogP contribution is 2.30. The molecule has 0 aliphatic rings. The highest BCUT2D eigenvalue weighted by atomic mass is 32.2. The van der Waals surface area contributed by atoms with Gasteiger partial charge in [-0.1, -0.05) is 30.3 Å².